The minimum Gasteiger partial charge on any atom is -0.434 e. The molecule has 4 atom stereocenters. The van der Waals surface area contributed by atoms with Gasteiger partial charge in [0.05, 0.1) is 17.0 Å². The number of esters is 1. The summed E-state index contributed by atoms with van der Waals surface area (Å²) in [5, 5.41) is 18.0. The molecule has 0 aliphatic carbocycles. The highest BCUT2D eigenvalue weighted by atomic mass is 35.5. The van der Waals surface area contributed by atoms with Crippen molar-refractivity contribution in [3.8, 4) is 0 Å². The van der Waals surface area contributed by atoms with E-state index in [-0.39, 0.29) is 28.8 Å². The Morgan fingerprint density at radius 1 is 1.18 bits per heavy atom. The van der Waals surface area contributed by atoms with Gasteiger partial charge >= 0.3 is 5.97 Å². The van der Waals surface area contributed by atoms with Crippen LogP contribution in [0.5, 0.6) is 0 Å². The number of nitrogens with zero attached hydrogens (tertiary/aromatic N) is 1. The van der Waals surface area contributed by atoms with Gasteiger partial charge < -0.3 is 30.7 Å². The molecule has 2 heterocycles. The van der Waals surface area contributed by atoms with Gasteiger partial charge in [-0.1, -0.05) is 46.2 Å². The second-order valence-electron chi connectivity index (χ2n) is 11.0. The van der Waals surface area contributed by atoms with Crippen LogP contribution in [0.2, 0.25) is 5.02 Å². The molecular formula is C26H35ClN4O7. The van der Waals surface area contributed by atoms with Gasteiger partial charge in [-0.2, -0.15) is 0 Å². The molecule has 2 aliphatic rings. The number of aliphatic hydroxyl groups is 1. The SMILES string of the molecule is CC(C)C(=O)Nc1ccc(C(=O)N[C@H](C(=O)N2CCC[C@H]2C(=O)N[C@H]2CC(=O)O[C@H]2O)C(C)(C)C)c(Cl)c1. The zero-order chi connectivity index (χ0) is 28.4. The molecule has 0 saturated carbocycles. The molecule has 3 rings (SSSR count). The fourth-order valence-corrected chi connectivity index (χ4v) is 4.60. The number of aliphatic hydroxyl groups excluding tert-OH is 1. The first-order valence-electron chi connectivity index (χ1n) is 12.6. The highest BCUT2D eigenvalue weighted by molar-refractivity contribution is 6.34. The first kappa shape index (κ1) is 29.4. The topological polar surface area (TPSA) is 154 Å². The number of benzene rings is 1. The molecule has 0 unspecified atom stereocenters. The van der Waals surface area contributed by atoms with Gasteiger partial charge in [-0.05, 0) is 36.5 Å². The van der Waals surface area contributed by atoms with Crippen LogP contribution < -0.4 is 16.0 Å². The third-order valence-electron chi connectivity index (χ3n) is 6.54. The van der Waals surface area contributed by atoms with E-state index in [1.165, 1.54) is 17.0 Å². The Labute approximate surface area is 226 Å². The summed E-state index contributed by atoms with van der Waals surface area (Å²) in [5.74, 6) is -2.55. The van der Waals surface area contributed by atoms with Crippen LogP contribution in [0.4, 0.5) is 5.69 Å². The van der Waals surface area contributed by atoms with Gasteiger partial charge in [0.25, 0.3) is 5.91 Å². The van der Waals surface area contributed by atoms with Crippen molar-refractivity contribution >= 4 is 46.9 Å². The van der Waals surface area contributed by atoms with Crippen LogP contribution in [0.15, 0.2) is 18.2 Å². The summed E-state index contributed by atoms with van der Waals surface area (Å²) in [6.07, 6.45) is -0.620. The molecule has 4 N–H and O–H groups in total. The first-order valence-corrected chi connectivity index (χ1v) is 13.0. The van der Waals surface area contributed by atoms with Crippen LogP contribution in [0.1, 0.15) is 64.2 Å². The van der Waals surface area contributed by atoms with Gasteiger partial charge in [0.1, 0.15) is 18.1 Å². The third kappa shape index (κ3) is 6.82. The van der Waals surface area contributed by atoms with E-state index in [1.807, 2.05) is 0 Å². The summed E-state index contributed by atoms with van der Waals surface area (Å²) < 4.78 is 4.67. The number of hydrogen-bond donors (Lipinski definition) is 4. The van der Waals surface area contributed by atoms with Gasteiger partial charge in [0, 0.05) is 18.2 Å². The molecule has 12 heteroatoms. The van der Waals surface area contributed by atoms with Crippen molar-refractivity contribution in [1.29, 1.82) is 0 Å². The Balaban J connectivity index is 1.74. The molecule has 38 heavy (non-hydrogen) atoms. The number of carbonyl (C=O) groups excluding carboxylic acids is 5. The number of carbonyl (C=O) groups is 5. The molecule has 0 bridgehead atoms. The largest absolute Gasteiger partial charge is 0.434 e. The maximum Gasteiger partial charge on any atom is 0.310 e. The van der Waals surface area contributed by atoms with Gasteiger partial charge in [0.2, 0.25) is 24.0 Å². The summed E-state index contributed by atoms with van der Waals surface area (Å²) in [4.78, 5) is 64.6. The number of likely N-dealkylation sites (tertiary alicyclic amines) is 1. The minimum absolute atomic E-state index is 0.106. The van der Waals surface area contributed by atoms with Crippen molar-refractivity contribution in [1.82, 2.24) is 15.5 Å². The van der Waals surface area contributed by atoms with Crippen LogP contribution >= 0.6 is 11.6 Å². The highest BCUT2D eigenvalue weighted by Gasteiger charge is 2.43. The number of anilines is 1. The lowest BCUT2D eigenvalue weighted by Crippen LogP contribution is -2.58. The van der Waals surface area contributed by atoms with Crippen molar-refractivity contribution in [2.24, 2.45) is 11.3 Å². The number of rotatable bonds is 7. The molecule has 0 aromatic heterocycles. The molecule has 1 aromatic rings. The molecule has 0 radical (unpaired) electrons. The predicted molar refractivity (Wildman–Crippen MR) is 139 cm³/mol. The van der Waals surface area contributed by atoms with Crippen LogP contribution in [0.3, 0.4) is 0 Å². The average molecular weight is 551 g/mol. The maximum atomic E-state index is 13.7. The molecule has 2 fully saturated rings. The van der Waals surface area contributed by atoms with Gasteiger partial charge in [-0.15, -0.1) is 0 Å². The van der Waals surface area contributed by atoms with Gasteiger partial charge in [-0.25, -0.2) is 0 Å². The molecular weight excluding hydrogens is 516 g/mol. The minimum atomic E-state index is -1.44. The molecule has 4 amide bonds. The van der Waals surface area contributed by atoms with Gasteiger partial charge in [-0.3, -0.25) is 24.0 Å². The first-order chi connectivity index (χ1) is 17.7. The third-order valence-corrected chi connectivity index (χ3v) is 6.86. The van der Waals surface area contributed by atoms with Crippen LogP contribution in [0, 0.1) is 11.3 Å². The van der Waals surface area contributed by atoms with Crippen molar-refractivity contribution in [2.75, 3.05) is 11.9 Å². The predicted octanol–water partition coefficient (Wildman–Crippen LogP) is 1.82. The van der Waals surface area contributed by atoms with Crippen LogP contribution in [-0.4, -0.2) is 70.6 Å². The van der Waals surface area contributed by atoms with E-state index in [4.69, 9.17) is 11.6 Å². The Morgan fingerprint density at radius 2 is 1.87 bits per heavy atom. The van der Waals surface area contributed by atoms with E-state index < -0.39 is 53.5 Å². The summed E-state index contributed by atoms with van der Waals surface area (Å²) >= 11 is 6.34. The normalized spacial score (nSPS) is 22.2. The second-order valence-corrected chi connectivity index (χ2v) is 11.4. The maximum absolute atomic E-state index is 13.7. The molecule has 0 spiro atoms. The van der Waals surface area contributed by atoms with E-state index in [1.54, 1.807) is 40.7 Å². The number of halogens is 1. The molecule has 208 valence electrons. The summed E-state index contributed by atoms with van der Waals surface area (Å²) in [7, 11) is 0. The standard InChI is InChI=1S/C26H35ClN4O7/c1-13(2)21(33)28-14-8-9-15(16(27)11-14)22(34)30-20(26(3,4)5)24(36)31-10-6-7-18(31)23(35)29-17-12-19(32)38-25(17)37/h8-9,11,13,17-18,20,25,37H,6-7,10,12H2,1-5H3,(H,28,33)(H,29,35)(H,30,34)/t17-,18-,20+,25+/m0/s1. The van der Waals surface area contributed by atoms with Crippen molar-refractivity contribution in [3.63, 3.8) is 0 Å². The van der Waals surface area contributed by atoms with Crippen LogP contribution in [-0.2, 0) is 23.9 Å². The van der Waals surface area contributed by atoms with Crippen molar-refractivity contribution < 1.29 is 33.8 Å². The highest BCUT2D eigenvalue weighted by Crippen LogP contribution is 2.28. The fraction of sp³-hybridized carbons (Fsp3) is 0.577. The van der Waals surface area contributed by atoms with E-state index in [0.717, 1.165) is 0 Å². The Morgan fingerprint density at radius 3 is 2.42 bits per heavy atom. The zero-order valence-corrected chi connectivity index (χ0v) is 22.9. The van der Waals surface area contributed by atoms with E-state index >= 15 is 0 Å². The smallest absolute Gasteiger partial charge is 0.310 e. The summed E-state index contributed by atoms with van der Waals surface area (Å²) in [6.45, 7) is 9.21. The van der Waals surface area contributed by atoms with Crippen molar-refractivity contribution in [2.45, 2.75) is 78.3 Å². The van der Waals surface area contributed by atoms with E-state index in [9.17, 15) is 29.1 Å². The number of amides is 4. The Kier molecular flexibility index (Phi) is 9.04. The van der Waals surface area contributed by atoms with Gasteiger partial charge in [0.15, 0.2) is 0 Å². The monoisotopic (exact) mass is 550 g/mol. The van der Waals surface area contributed by atoms with Crippen LogP contribution in [0.25, 0.3) is 0 Å². The average Bonchev–Trinajstić information content (AvgIpc) is 3.42. The summed E-state index contributed by atoms with van der Waals surface area (Å²) in [6, 6.07) is 1.81. The quantitative estimate of drug-likeness (QED) is 0.377. The Hall–Kier alpha value is -3.18. The molecule has 2 saturated heterocycles. The molecule has 11 nitrogen and oxygen atoms in total. The number of cyclic esters (lactones) is 1. The lowest BCUT2D eigenvalue weighted by Gasteiger charge is -2.35. The summed E-state index contributed by atoms with van der Waals surface area (Å²) in [5.41, 5.74) is -0.137. The number of hydrogen-bond acceptors (Lipinski definition) is 7. The fourth-order valence-electron chi connectivity index (χ4n) is 4.34. The molecule has 1 aromatic carbocycles. The second kappa shape index (κ2) is 11.7. The Bertz CT molecular complexity index is 1120. The van der Waals surface area contributed by atoms with E-state index in [2.05, 4.69) is 20.7 Å². The van der Waals surface area contributed by atoms with E-state index in [0.29, 0.717) is 25.1 Å². The lowest BCUT2D eigenvalue weighted by molar-refractivity contribution is -0.155. The van der Waals surface area contributed by atoms with Crippen molar-refractivity contribution in [3.05, 3.63) is 28.8 Å². The number of nitrogens with one attached hydrogen (secondary N) is 3. The number of ether oxygens (including phenoxy) is 1. The molecule has 2 aliphatic heterocycles. The zero-order valence-electron chi connectivity index (χ0n) is 22.2. The lowest BCUT2D eigenvalue weighted by atomic mass is 9.85.